The molecule has 348 valence electrons. The van der Waals surface area contributed by atoms with E-state index in [1.807, 2.05) is 6.07 Å². The molecule has 4 aromatic heterocycles. The standard InChI is InChI=1S/C68H46N6/c1-43(45-21-6-3-7-22-45)69-68(74-61-36-19-17-33-53(61)56-40-39-55-52-32-16-18-35-60(52)72(65(55)67(56)74)48-26-8-4-9-27-48)70-44(2)71-62-51-31-15-13-24-47(51)37-38-57(62)59-42-41-58-54-34-20-25-46-23-12-14-30-50(46)63(54)73(66(58)64(59)71)49-28-10-5-11-29-49/h3-19,21-42H,2,20H2,1H3/b69-43+,70-68+. The van der Waals surface area contributed by atoms with Crippen molar-refractivity contribution in [1.82, 2.24) is 18.3 Å². The van der Waals surface area contributed by atoms with Gasteiger partial charge in [0.1, 0.15) is 5.82 Å². The molecule has 0 amide bonds. The normalized spacial score (nSPS) is 13.0. The maximum absolute atomic E-state index is 5.87. The van der Waals surface area contributed by atoms with Gasteiger partial charge in [-0.1, -0.05) is 207 Å². The van der Waals surface area contributed by atoms with Crippen LogP contribution in [-0.2, 0) is 0 Å². The minimum atomic E-state index is 0.509. The van der Waals surface area contributed by atoms with E-state index in [1.54, 1.807) is 0 Å². The molecular weight excluding hydrogens is 901 g/mol. The Morgan fingerprint density at radius 2 is 0.932 bits per heavy atom. The summed E-state index contributed by atoms with van der Waals surface area (Å²) >= 11 is 0. The first-order valence-corrected chi connectivity index (χ1v) is 25.3. The molecule has 1 aliphatic rings. The van der Waals surface area contributed by atoms with Crippen LogP contribution in [0.4, 0.5) is 0 Å². The monoisotopic (exact) mass is 946 g/mol. The molecule has 0 fully saturated rings. The fourth-order valence-corrected chi connectivity index (χ4v) is 12.2. The smallest absolute Gasteiger partial charge is 0.236 e. The molecule has 6 heteroatoms. The Hall–Kier alpha value is -9.78. The van der Waals surface area contributed by atoms with Gasteiger partial charge in [-0.25, -0.2) is 4.99 Å². The molecule has 74 heavy (non-hydrogen) atoms. The minimum absolute atomic E-state index is 0.509. The van der Waals surface area contributed by atoms with E-state index in [2.05, 4.69) is 256 Å². The van der Waals surface area contributed by atoms with Gasteiger partial charge in [-0.2, -0.15) is 4.99 Å². The van der Waals surface area contributed by atoms with E-state index in [9.17, 15) is 0 Å². The Kier molecular flexibility index (Phi) is 9.29. The molecule has 14 aromatic rings. The number of aliphatic imine (C=N–C) groups is 2. The van der Waals surface area contributed by atoms with Crippen molar-refractivity contribution in [2.24, 2.45) is 9.98 Å². The molecule has 0 atom stereocenters. The highest BCUT2D eigenvalue weighted by molar-refractivity contribution is 6.28. The van der Waals surface area contributed by atoms with Crippen molar-refractivity contribution in [2.75, 3.05) is 0 Å². The Morgan fingerprint density at radius 3 is 1.69 bits per heavy atom. The number of hydrogen-bond donors (Lipinski definition) is 0. The lowest BCUT2D eigenvalue weighted by molar-refractivity contribution is 1.06. The van der Waals surface area contributed by atoms with Crippen molar-refractivity contribution in [1.29, 1.82) is 0 Å². The second-order valence-corrected chi connectivity index (χ2v) is 19.3. The average molecular weight is 947 g/mol. The molecule has 0 unspecified atom stereocenters. The van der Waals surface area contributed by atoms with Crippen LogP contribution in [0.1, 0.15) is 18.9 Å². The van der Waals surface area contributed by atoms with Gasteiger partial charge in [-0.15, -0.1) is 0 Å². The maximum atomic E-state index is 5.87. The van der Waals surface area contributed by atoms with Gasteiger partial charge in [0, 0.05) is 70.6 Å². The predicted molar refractivity (Wildman–Crippen MR) is 311 cm³/mol. The van der Waals surface area contributed by atoms with Gasteiger partial charge in [0.2, 0.25) is 5.96 Å². The van der Waals surface area contributed by atoms with E-state index in [0.717, 1.165) is 105 Å². The first-order chi connectivity index (χ1) is 36.6. The van der Waals surface area contributed by atoms with Gasteiger partial charge in [-0.05, 0) is 65.9 Å². The third-order valence-electron chi connectivity index (χ3n) is 15.3. The summed E-state index contributed by atoms with van der Waals surface area (Å²) in [6, 6.07) is 80.6. The second-order valence-electron chi connectivity index (χ2n) is 19.3. The van der Waals surface area contributed by atoms with Crippen molar-refractivity contribution in [3.8, 4) is 11.4 Å². The van der Waals surface area contributed by atoms with Crippen LogP contribution in [-0.4, -0.2) is 29.9 Å². The van der Waals surface area contributed by atoms with Gasteiger partial charge in [0.25, 0.3) is 0 Å². The quantitative estimate of drug-likeness (QED) is 0.122. The molecule has 0 aliphatic heterocycles. The van der Waals surface area contributed by atoms with Gasteiger partial charge in [0.05, 0.1) is 44.0 Å². The molecule has 0 N–H and O–H groups in total. The third kappa shape index (κ3) is 6.12. The van der Waals surface area contributed by atoms with Crippen LogP contribution >= 0.6 is 0 Å². The van der Waals surface area contributed by atoms with E-state index in [-0.39, 0.29) is 0 Å². The third-order valence-corrected chi connectivity index (χ3v) is 15.3. The number of nitrogens with zero attached hydrogens (tertiary/aromatic N) is 6. The van der Waals surface area contributed by atoms with Crippen molar-refractivity contribution in [2.45, 2.75) is 13.3 Å². The van der Waals surface area contributed by atoms with Gasteiger partial charge >= 0.3 is 0 Å². The fourth-order valence-electron chi connectivity index (χ4n) is 12.2. The summed E-state index contributed by atoms with van der Waals surface area (Å²) in [4.78, 5) is 11.5. The Bertz CT molecular complexity index is 4990. The van der Waals surface area contributed by atoms with Crippen molar-refractivity contribution in [3.63, 3.8) is 0 Å². The number of rotatable bonds is 5. The molecule has 0 saturated heterocycles. The zero-order valence-electron chi connectivity index (χ0n) is 40.6. The van der Waals surface area contributed by atoms with E-state index >= 15 is 0 Å². The number of para-hydroxylation sites is 4. The van der Waals surface area contributed by atoms with Gasteiger partial charge in [0.15, 0.2) is 0 Å². The number of benzene rings is 10. The van der Waals surface area contributed by atoms with Crippen LogP contribution in [0.5, 0.6) is 0 Å². The molecule has 15 rings (SSSR count). The molecule has 6 nitrogen and oxygen atoms in total. The number of aromatic nitrogens is 4. The lowest BCUT2D eigenvalue weighted by Crippen LogP contribution is -2.14. The average Bonchev–Trinajstić information content (AvgIpc) is 4.23. The summed E-state index contributed by atoms with van der Waals surface area (Å²) in [5.74, 6) is 1.05. The molecule has 10 aromatic carbocycles. The van der Waals surface area contributed by atoms with Crippen molar-refractivity contribution < 1.29 is 0 Å². The van der Waals surface area contributed by atoms with Gasteiger partial charge < -0.3 is 9.13 Å². The molecule has 0 radical (unpaired) electrons. The van der Waals surface area contributed by atoms with Crippen LogP contribution in [0.2, 0.25) is 0 Å². The molecule has 0 spiro atoms. The second kappa shape index (κ2) is 16.4. The first-order valence-electron chi connectivity index (χ1n) is 25.3. The minimum Gasteiger partial charge on any atom is -0.307 e. The van der Waals surface area contributed by atoms with E-state index in [1.165, 1.54) is 31.8 Å². The van der Waals surface area contributed by atoms with E-state index < -0.39 is 0 Å². The maximum Gasteiger partial charge on any atom is 0.236 e. The highest BCUT2D eigenvalue weighted by atomic mass is 15.2. The lowest BCUT2D eigenvalue weighted by Gasteiger charge is -2.15. The highest BCUT2D eigenvalue weighted by Crippen LogP contribution is 2.43. The largest absolute Gasteiger partial charge is 0.307 e. The molecular formula is C68H46N6. The van der Waals surface area contributed by atoms with Crippen LogP contribution in [0.15, 0.2) is 241 Å². The van der Waals surface area contributed by atoms with E-state index in [4.69, 9.17) is 16.6 Å². The molecule has 0 bridgehead atoms. The number of fused-ring (bicyclic) bond motifs is 17. The SMILES string of the molecule is C=C(/N=C(\N=C(/C)c1ccccc1)n1c2ccccc2c2ccc3c4ccccc4n(-c4ccccc4)c3c21)n1c2c3ccccc3ccc2c2ccc3c4c(n(-c5ccccc5)c3c21)=c1ccccc1=CCC=4. The topological polar surface area (TPSA) is 44.4 Å². The van der Waals surface area contributed by atoms with Crippen molar-refractivity contribution in [3.05, 3.63) is 258 Å². The zero-order chi connectivity index (χ0) is 49.0. The summed E-state index contributed by atoms with van der Waals surface area (Å²) in [6.07, 6.45) is 5.56. The number of hydrogen-bond acceptors (Lipinski definition) is 1. The molecule has 1 aliphatic carbocycles. The van der Waals surface area contributed by atoms with Crippen LogP contribution in [0.25, 0.3) is 116 Å². The Morgan fingerprint density at radius 1 is 0.405 bits per heavy atom. The molecule has 0 saturated carbocycles. The fraction of sp³-hybridized carbons (Fsp3) is 0.0294. The first kappa shape index (κ1) is 42.0. The van der Waals surface area contributed by atoms with Crippen LogP contribution < -0.4 is 10.4 Å². The lowest BCUT2D eigenvalue weighted by atomic mass is 10.1. The van der Waals surface area contributed by atoms with Crippen LogP contribution in [0.3, 0.4) is 0 Å². The highest BCUT2D eigenvalue weighted by Gasteiger charge is 2.26. The van der Waals surface area contributed by atoms with Crippen LogP contribution in [0, 0.1) is 10.6 Å². The molecule has 4 heterocycles. The van der Waals surface area contributed by atoms with E-state index in [0.29, 0.717) is 11.8 Å². The van der Waals surface area contributed by atoms with Crippen molar-refractivity contribution >= 4 is 117 Å². The van der Waals surface area contributed by atoms with Gasteiger partial charge in [-0.3, -0.25) is 9.13 Å². The Labute approximate surface area is 425 Å². The zero-order valence-corrected chi connectivity index (χ0v) is 40.6. The Balaban J connectivity index is 1.13. The predicted octanol–water partition coefficient (Wildman–Crippen LogP) is 15.2. The summed E-state index contributed by atoms with van der Waals surface area (Å²) in [7, 11) is 0. The summed E-state index contributed by atoms with van der Waals surface area (Å²) in [6.45, 7) is 7.15. The summed E-state index contributed by atoms with van der Waals surface area (Å²) in [5.41, 5.74) is 11.4. The summed E-state index contributed by atoms with van der Waals surface area (Å²) < 4.78 is 9.53. The summed E-state index contributed by atoms with van der Waals surface area (Å²) in [5, 5.41) is 15.0.